The fraction of sp³-hybridized carbons (Fsp3) is 0.125. The number of nitrogens with zero attached hydrogens (tertiary/aromatic N) is 1. The second-order valence-electron chi connectivity index (χ2n) is 2.35. The summed E-state index contributed by atoms with van der Waals surface area (Å²) in [6.45, 7) is 0. The molecule has 0 spiro atoms. The Bertz CT molecular complexity index is 366. The van der Waals surface area contributed by atoms with Crippen molar-refractivity contribution >= 4 is 27.9 Å². The van der Waals surface area contributed by atoms with Gasteiger partial charge in [-0.2, -0.15) is 0 Å². The van der Waals surface area contributed by atoms with E-state index in [4.69, 9.17) is 4.74 Å². The molecule has 0 aromatic heterocycles. The minimum Gasteiger partial charge on any atom is -0.482 e. The summed E-state index contributed by atoms with van der Waals surface area (Å²) in [6, 6.07) is 4.06. The van der Waals surface area contributed by atoms with Gasteiger partial charge >= 0.3 is 0 Å². The van der Waals surface area contributed by atoms with Gasteiger partial charge in [0.25, 0.3) is 5.69 Å². The Kier molecular flexibility index (Phi) is 3.58. The highest BCUT2D eigenvalue weighted by molar-refractivity contribution is 9.09. The lowest BCUT2D eigenvalue weighted by molar-refractivity contribution is -0.385. The van der Waals surface area contributed by atoms with Gasteiger partial charge in [0, 0.05) is 0 Å². The second kappa shape index (κ2) is 4.71. The molecule has 0 aliphatic heterocycles. The molecule has 0 aliphatic rings. The number of nitro groups is 1. The molecule has 14 heavy (non-hydrogen) atoms. The molecule has 1 rings (SSSR count). The van der Waals surface area contributed by atoms with Crippen molar-refractivity contribution in [2.24, 2.45) is 0 Å². The molecule has 6 heteroatoms. The van der Waals surface area contributed by atoms with Crippen LogP contribution in [0.5, 0.6) is 5.75 Å². The monoisotopic (exact) mass is 259 g/mol. The van der Waals surface area contributed by atoms with E-state index in [0.717, 1.165) is 0 Å². The summed E-state index contributed by atoms with van der Waals surface area (Å²) in [6.07, 6.45) is 0.441. The summed E-state index contributed by atoms with van der Waals surface area (Å²) in [5.41, 5.74) is 0.0280. The van der Waals surface area contributed by atoms with Crippen LogP contribution in [0.4, 0.5) is 5.69 Å². The molecule has 1 aromatic rings. The predicted molar refractivity (Wildman–Crippen MR) is 52.9 cm³/mol. The first-order valence-corrected chi connectivity index (χ1v) is 4.73. The second-order valence-corrected chi connectivity index (χ2v) is 2.81. The highest BCUT2D eigenvalue weighted by Gasteiger charge is 2.14. The average Bonchev–Trinajstić information content (AvgIpc) is 2.18. The van der Waals surface area contributed by atoms with Crippen molar-refractivity contribution in [1.29, 1.82) is 0 Å². The highest BCUT2D eigenvalue weighted by atomic mass is 79.9. The zero-order valence-electron chi connectivity index (χ0n) is 6.97. The fourth-order valence-electron chi connectivity index (χ4n) is 0.934. The molecule has 0 aliphatic carbocycles. The molecule has 0 saturated heterocycles. The molecule has 0 amide bonds. The van der Waals surface area contributed by atoms with Gasteiger partial charge in [-0.05, 0) is 28.1 Å². The van der Waals surface area contributed by atoms with Gasteiger partial charge in [-0.25, -0.2) is 0 Å². The minimum atomic E-state index is -0.620. The molecule has 5 nitrogen and oxygen atoms in total. The summed E-state index contributed by atoms with van der Waals surface area (Å²) in [5.74, 6) is 0.346. The quantitative estimate of drug-likeness (QED) is 0.360. The number of nitro benzene ring substituents is 1. The molecule has 0 N–H and O–H groups in total. The van der Waals surface area contributed by atoms with E-state index in [-0.39, 0.29) is 16.8 Å². The number of halogens is 1. The first-order valence-electron chi connectivity index (χ1n) is 3.61. The van der Waals surface area contributed by atoms with Crippen molar-refractivity contribution in [3.05, 3.63) is 33.9 Å². The average molecular weight is 260 g/mol. The molecular weight excluding hydrogens is 254 g/mol. The standard InChI is InChI=1S/C8H6BrNO4/c9-5-14-7-2-1-6(4-11)8(3-7)10(12)13/h1-4H,5H2. The van der Waals surface area contributed by atoms with E-state index < -0.39 is 4.92 Å². The summed E-state index contributed by atoms with van der Waals surface area (Å²) < 4.78 is 4.99. The maximum absolute atomic E-state index is 10.5. The number of carbonyl (C=O) groups is 1. The maximum atomic E-state index is 10.5. The van der Waals surface area contributed by atoms with E-state index >= 15 is 0 Å². The number of ether oxygens (including phenoxy) is 1. The van der Waals surface area contributed by atoms with Crippen LogP contribution >= 0.6 is 15.9 Å². The van der Waals surface area contributed by atoms with Gasteiger partial charge in [0.15, 0.2) is 6.29 Å². The number of aldehydes is 1. The molecule has 0 bridgehead atoms. The highest BCUT2D eigenvalue weighted by Crippen LogP contribution is 2.23. The number of carbonyl (C=O) groups excluding carboxylic acids is 1. The molecule has 1 aromatic carbocycles. The Morgan fingerprint density at radius 2 is 2.29 bits per heavy atom. The van der Waals surface area contributed by atoms with Crippen LogP contribution in [0, 0.1) is 10.1 Å². The van der Waals surface area contributed by atoms with E-state index in [0.29, 0.717) is 12.0 Å². The smallest absolute Gasteiger partial charge is 0.283 e. The first kappa shape index (κ1) is 10.6. The minimum absolute atomic E-state index is 0.0388. The number of rotatable bonds is 4. The van der Waals surface area contributed by atoms with Crippen LogP contribution in [0.15, 0.2) is 18.2 Å². The van der Waals surface area contributed by atoms with E-state index in [1.54, 1.807) is 0 Å². The van der Waals surface area contributed by atoms with Crippen molar-refractivity contribution in [2.75, 3.05) is 5.52 Å². The predicted octanol–water partition coefficient (Wildman–Crippen LogP) is 2.14. The Hall–Kier alpha value is -1.43. The Morgan fingerprint density at radius 1 is 1.57 bits per heavy atom. The first-order chi connectivity index (χ1) is 6.69. The molecular formula is C8H6BrNO4. The van der Waals surface area contributed by atoms with Gasteiger partial charge in [-0.1, -0.05) is 0 Å². The molecule has 0 atom stereocenters. The largest absolute Gasteiger partial charge is 0.482 e. The summed E-state index contributed by atoms with van der Waals surface area (Å²) >= 11 is 3.02. The summed E-state index contributed by atoms with van der Waals surface area (Å²) in [5, 5.41) is 10.5. The number of hydrogen-bond acceptors (Lipinski definition) is 4. The van der Waals surface area contributed by atoms with Gasteiger partial charge < -0.3 is 4.74 Å². The van der Waals surface area contributed by atoms with Crippen LogP contribution in [0.2, 0.25) is 0 Å². The molecule has 0 heterocycles. The number of benzene rings is 1. The Labute approximate surface area is 88.0 Å². The molecule has 0 unspecified atom stereocenters. The third-order valence-electron chi connectivity index (χ3n) is 1.55. The third-order valence-corrected chi connectivity index (χ3v) is 1.78. The maximum Gasteiger partial charge on any atom is 0.283 e. The SMILES string of the molecule is O=Cc1ccc(OCBr)cc1[N+](=O)[O-]. The molecule has 0 fully saturated rings. The molecule has 74 valence electrons. The van der Waals surface area contributed by atoms with Crippen molar-refractivity contribution in [1.82, 2.24) is 0 Å². The lowest BCUT2D eigenvalue weighted by atomic mass is 10.2. The summed E-state index contributed by atoms with van der Waals surface area (Å²) in [4.78, 5) is 20.3. The zero-order chi connectivity index (χ0) is 10.6. The number of hydrogen-bond donors (Lipinski definition) is 0. The molecule has 0 radical (unpaired) electrons. The van der Waals surface area contributed by atoms with E-state index in [2.05, 4.69) is 15.9 Å². The third kappa shape index (κ3) is 2.29. The Morgan fingerprint density at radius 3 is 2.79 bits per heavy atom. The van der Waals surface area contributed by atoms with E-state index in [1.165, 1.54) is 18.2 Å². The lowest BCUT2D eigenvalue weighted by Gasteiger charge is -2.02. The van der Waals surface area contributed by atoms with Gasteiger partial charge in [0.2, 0.25) is 0 Å². The van der Waals surface area contributed by atoms with Gasteiger partial charge in [-0.3, -0.25) is 14.9 Å². The van der Waals surface area contributed by atoms with Gasteiger partial charge in [0.05, 0.1) is 16.6 Å². The van der Waals surface area contributed by atoms with Crippen LogP contribution in [0.1, 0.15) is 10.4 Å². The van der Waals surface area contributed by atoms with Crippen LogP contribution in [-0.2, 0) is 0 Å². The van der Waals surface area contributed by atoms with Gasteiger partial charge in [-0.15, -0.1) is 0 Å². The van der Waals surface area contributed by atoms with Crippen LogP contribution < -0.4 is 4.74 Å². The fourth-order valence-corrected chi connectivity index (χ4v) is 1.20. The number of alkyl halides is 1. The summed E-state index contributed by atoms with van der Waals surface area (Å²) in [7, 11) is 0. The zero-order valence-corrected chi connectivity index (χ0v) is 8.56. The molecule has 0 saturated carbocycles. The van der Waals surface area contributed by atoms with E-state index in [1.807, 2.05) is 0 Å². The topological polar surface area (TPSA) is 69.4 Å². The van der Waals surface area contributed by atoms with Crippen molar-refractivity contribution < 1.29 is 14.5 Å². The van der Waals surface area contributed by atoms with Crippen LogP contribution in [-0.4, -0.2) is 16.7 Å². The van der Waals surface area contributed by atoms with Crippen molar-refractivity contribution in [2.45, 2.75) is 0 Å². The lowest BCUT2D eigenvalue weighted by Crippen LogP contribution is -1.96. The van der Waals surface area contributed by atoms with Crippen molar-refractivity contribution in [3.8, 4) is 5.75 Å². The van der Waals surface area contributed by atoms with Crippen LogP contribution in [0.3, 0.4) is 0 Å². The van der Waals surface area contributed by atoms with Gasteiger partial charge in [0.1, 0.15) is 11.3 Å². The van der Waals surface area contributed by atoms with E-state index in [9.17, 15) is 14.9 Å². The Balaban J connectivity index is 3.13. The van der Waals surface area contributed by atoms with Crippen LogP contribution in [0.25, 0.3) is 0 Å². The normalized spacial score (nSPS) is 9.50. The van der Waals surface area contributed by atoms with Crippen molar-refractivity contribution in [3.63, 3.8) is 0 Å².